The molecule has 1 saturated heterocycles. The zero-order chi connectivity index (χ0) is 17.6. The molecule has 1 aliphatic rings. The molecule has 3 rings (SSSR count). The second-order valence-corrected chi connectivity index (χ2v) is 7.03. The molecule has 2 heterocycles. The predicted octanol–water partition coefficient (Wildman–Crippen LogP) is 3.34. The van der Waals surface area contributed by atoms with Crippen molar-refractivity contribution in [2.75, 3.05) is 24.5 Å². The lowest BCUT2D eigenvalue weighted by atomic mass is 10.0. The smallest absolute Gasteiger partial charge is 0.270 e. The second kappa shape index (κ2) is 8.30. The molecule has 1 aromatic carbocycles. The maximum Gasteiger partial charge on any atom is 0.270 e. The molecule has 1 amide bonds. The summed E-state index contributed by atoms with van der Waals surface area (Å²) in [6.07, 6.45) is 4.61. The Bertz CT molecular complexity index is 737. The van der Waals surface area contributed by atoms with Crippen LogP contribution in [0.25, 0.3) is 0 Å². The molecule has 25 heavy (non-hydrogen) atoms. The summed E-state index contributed by atoms with van der Waals surface area (Å²) in [5, 5.41) is 3.62. The van der Waals surface area contributed by atoms with Crippen molar-refractivity contribution in [2.24, 2.45) is 5.92 Å². The van der Waals surface area contributed by atoms with E-state index in [-0.39, 0.29) is 5.91 Å². The van der Waals surface area contributed by atoms with E-state index >= 15 is 0 Å². The topological polar surface area (TPSA) is 58.1 Å². The maximum absolute atomic E-state index is 12.4. The minimum atomic E-state index is -0.171. The first-order chi connectivity index (χ1) is 12.1. The number of nitrogens with zero attached hydrogens (tertiary/aromatic N) is 3. The summed E-state index contributed by atoms with van der Waals surface area (Å²) in [7, 11) is 0. The van der Waals surface area contributed by atoms with Crippen molar-refractivity contribution in [1.82, 2.24) is 15.3 Å². The molecule has 1 atom stereocenters. The molecule has 0 aliphatic carbocycles. The van der Waals surface area contributed by atoms with Gasteiger partial charge in [0.25, 0.3) is 5.91 Å². The van der Waals surface area contributed by atoms with E-state index in [9.17, 15) is 4.79 Å². The summed E-state index contributed by atoms with van der Waals surface area (Å²) >= 11 is 5.97. The highest BCUT2D eigenvalue weighted by Gasteiger charge is 2.19. The van der Waals surface area contributed by atoms with Gasteiger partial charge in [-0.1, -0.05) is 30.7 Å². The third-order valence-corrected chi connectivity index (χ3v) is 4.69. The standard InChI is InChI=1S/C19H23ClN4O/c1-14-4-3-9-24(12-14)18-11-17(22-13-23-18)19(25)21-8-7-15-5-2-6-16(20)10-15/h2,5-6,10-11,13-14H,3-4,7-9,12H2,1H3,(H,21,25). The quantitative estimate of drug-likeness (QED) is 0.890. The lowest BCUT2D eigenvalue weighted by Crippen LogP contribution is -2.35. The number of carbonyl (C=O) groups is 1. The van der Waals surface area contributed by atoms with Crippen LogP contribution < -0.4 is 10.2 Å². The van der Waals surface area contributed by atoms with Gasteiger partial charge in [0.15, 0.2) is 0 Å². The fourth-order valence-corrected chi connectivity index (χ4v) is 3.36. The van der Waals surface area contributed by atoms with Crippen LogP contribution >= 0.6 is 11.6 Å². The Balaban J connectivity index is 1.57. The highest BCUT2D eigenvalue weighted by atomic mass is 35.5. The number of rotatable bonds is 5. The van der Waals surface area contributed by atoms with Crippen molar-refractivity contribution in [2.45, 2.75) is 26.2 Å². The number of hydrogen-bond donors (Lipinski definition) is 1. The van der Waals surface area contributed by atoms with E-state index in [1.54, 1.807) is 6.07 Å². The zero-order valence-electron chi connectivity index (χ0n) is 14.4. The average Bonchev–Trinajstić information content (AvgIpc) is 2.62. The number of aromatic nitrogens is 2. The van der Waals surface area contributed by atoms with Crippen LogP contribution in [-0.2, 0) is 6.42 Å². The van der Waals surface area contributed by atoms with Gasteiger partial charge in [-0.05, 0) is 42.9 Å². The van der Waals surface area contributed by atoms with E-state index in [0.717, 1.165) is 37.3 Å². The van der Waals surface area contributed by atoms with Crippen molar-refractivity contribution in [3.8, 4) is 0 Å². The Kier molecular flexibility index (Phi) is 5.87. The number of anilines is 1. The molecule has 1 unspecified atom stereocenters. The summed E-state index contributed by atoms with van der Waals surface area (Å²) in [5.74, 6) is 1.32. The number of hydrogen-bond acceptors (Lipinski definition) is 4. The van der Waals surface area contributed by atoms with E-state index in [1.165, 1.54) is 12.7 Å². The third-order valence-electron chi connectivity index (χ3n) is 4.45. The summed E-state index contributed by atoms with van der Waals surface area (Å²) in [6.45, 7) is 4.75. The van der Waals surface area contributed by atoms with E-state index < -0.39 is 0 Å². The minimum absolute atomic E-state index is 0.171. The van der Waals surface area contributed by atoms with Gasteiger partial charge in [0.1, 0.15) is 17.8 Å². The highest BCUT2D eigenvalue weighted by molar-refractivity contribution is 6.30. The van der Waals surface area contributed by atoms with E-state index in [4.69, 9.17) is 11.6 Å². The molecule has 6 heteroatoms. The van der Waals surface area contributed by atoms with Crippen LogP contribution in [0.2, 0.25) is 5.02 Å². The largest absolute Gasteiger partial charge is 0.356 e. The monoisotopic (exact) mass is 358 g/mol. The third kappa shape index (κ3) is 4.92. The summed E-state index contributed by atoms with van der Waals surface area (Å²) in [5.41, 5.74) is 1.51. The molecule has 0 spiro atoms. The average molecular weight is 359 g/mol. The Labute approximate surface area is 153 Å². The Morgan fingerprint density at radius 2 is 2.24 bits per heavy atom. The Morgan fingerprint density at radius 1 is 1.36 bits per heavy atom. The lowest BCUT2D eigenvalue weighted by Gasteiger charge is -2.31. The van der Waals surface area contributed by atoms with Gasteiger partial charge in [0.05, 0.1) is 0 Å². The number of halogens is 1. The SMILES string of the molecule is CC1CCCN(c2cc(C(=O)NCCc3cccc(Cl)c3)ncn2)C1. The number of carbonyl (C=O) groups excluding carboxylic acids is 1. The first kappa shape index (κ1) is 17.7. The first-order valence-electron chi connectivity index (χ1n) is 8.71. The molecule has 1 aliphatic heterocycles. The number of amides is 1. The summed E-state index contributed by atoms with van der Waals surface area (Å²) < 4.78 is 0. The number of benzene rings is 1. The van der Waals surface area contributed by atoms with Crippen molar-refractivity contribution in [3.63, 3.8) is 0 Å². The second-order valence-electron chi connectivity index (χ2n) is 6.59. The van der Waals surface area contributed by atoms with Crippen LogP contribution in [0, 0.1) is 5.92 Å². The van der Waals surface area contributed by atoms with Gasteiger partial charge in [0.2, 0.25) is 0 Å². The Morgan fingerprint density at radius 3 is 3.04 bits per heavy atom. The van der Waals surface area contributed by atoms with Gasteiger partial charge in [-0.2, -0.15) is 0 Å². The van der Waals surface area contributed by atoms with Gasteiger partial charge < -0.3 is 10.2 Å². The van der Waals surface area contributed by atoms with Crippen molar-refractivity contribution in [3.05, 3.63) is 52.9 Å². The van der Waals surface area contributed by atoms with Crippen molar-refractivity contribution >= 4 is 23.3 Å². The highest BCUT2D eigenvalue weighted by Crippen LogP contribution is 2.21. The molecule has 0 saturated carbocycles. The summed E-state index contributed by atoms with van der Waals surface area (Å²) in [4.78, 5) is 23.0. The zero-order valence-corrected chi connectivity index (χ0v) is 15.2. The minimum Gasteiger partial charge on any atom is -0.356 e. The molecule has 1 fully saturated rings. The van der Waals surface area contributed by atoms with Crippen LogP contribution in [0.3, 0.4) is 0 Å². The molecule has 132 valence electrons. The van der Waals surface area contributed by atoms with E-state index in [1.807, 2.05) is 24.3 Å². The molecule has 5 nitrogen and oxygen atoms in total. The normalized spacial score (nSPS) is 17.4. The molecule has 0 bridgehead atoms. The van der Waals surface area contributed by atoms with Crippen LogP contribution in [0.15, 0.2) is 36.7 Å². The van der Waals surface area contributed by atoms with Crippen LogP contribution in [0.4, 0.5) is 5.82 Å². The molecular weight excluding hydrogens is 336 g/mol. The van der Waals surface area contributed by atoms with E-state index in [0.29, 0.717) is 23.2 Å². The van der Waals surface area contributed by atoms with Crippen LogP contribution in [0.1, 0.15) is 35.8 Å². The fourth-order valence-electron chi connectivity index (χ4n) is 3.15. The Hall–Kier alpha value is -2.14. The van der Waals surface area contributed by atoms with Crippen LogP contribution in [-0.4, -0.2) is 35.5 Å². The van der Waals surface area contributed by atoms with Gasteiger partial charge in [-0.25, -0.2) is 9.97 Å². The van der Waals surface area contributed by atoms with E-state index in [2.05, 4.69) is 27.1 Å². The fraction of sp³-hybridized carbons (Fsp3) is 0.421. The van der Waals surface area contributed by atoms with Crippen LogP contribution in [0.5, 0.6) is 0 Å². The molecule has 2 aromatic rings. The summed E-state index contributed by atoms with van der Waals surface area (Å²) in [6, 6.07) is 9.45. The molecule has 1 aromatic heterocycles. The van der Waals surface area contributed by atoms with Crippen molar-refractivity contribution in [1.29, 1.82) is 0 Å². The van der Waals surface area contributed by atoms with Gasteiger partial charge in [0, 0.05) is 30.7 Å². The number of piperidine rings is 1. The molecular formula is C19H23ClN4O. The van der Waals surface area contributed by atoms with Gasteiger partial charge in [-0.3, -0.25) is 4.79 Å². The maximum atomic E-state index is 12.4. The van der Waals surface area contributed by atoms with Crippen molar-refractivity contribution < 1.29 is 4.79 Å². The van der Waals surface area contributed by atoms with Gasteiger partial charge in [-0.15, -0.1) is 0 Å². The predicted molar refractivity (Wildman–Crippen MR) is 100 cm³/mol. The molecule has 0 radical (unpaired) electrons. The molecule has 1 N–H and O–H groups in total. The van der Waals surface area contributed by atoms with Gasteiger partial charge >= 0.3 is 0 Å². The lowest BCUT2D eigenvalue weighted by molar-refractivity contribution is 0.0949. The first-order valence-corrected chi connectivity index (χ1v) is 9.09. The number of nitrogens with one attached hydrogen (secondary N) is 1.